The van der Waals surface area contributed by atoms with E-state index in [1.54, 1.807) is 12.7 Å². The first-order valence-electron chi connectivity index (χ1n) is 9.62. The molecule has 2 heteroatoms. The molecular formula is C21H34O2. The molecule has 0 aromatic rings. The summed E-state index contributed by atoms with van der Waals surface area (Å²) >= 11 is 0. The molecule has 23 heavy (non-hydrogen) atoms. The maximum atomic E-state index is 12.6. The lowest BCUT2D eigenvalue weighted by atomic mass is 9.45. The highest BCUT2D eigenvalue weighted by Gasteiger charge is 2.58. The lowest BCUT2D eigenvalue weighted by molar-refractivity contribution is -0.168. The number of ether oxygens (including phenoxy) is 1. The summed E-state index contributed by atoms with van der Waals surface area (Å²) in [5, 5.41) is 0. The normalized spacial score (nSPS) is 43.4. The van der Waals surface area contributed by atoms with Gasteiger partial charge in [-0.25, -0.2) is 0 Å². The summed E-state index contributed by atoms with van der Waals surface area (Å²) in [4.78, 5) is 12.6. The van der Waals surface area contributed by atoms with E-state index in [2.05, 4.69) is 33.8 Å². The van der Waals surface area contributed by atoms with Gasteiger partial charge in [-0.15, -0.1) is 0 Å². The van der Waals surface area contributed by atoms with Crippen LogP contribution in [0.5, 0.6) is 0 Å². The van der Waals surface area contributed by atoms with E-state index in [1.165, 1.54) is 25.7 Å². The Morgan fingerprint density at radius 3 is 2.61 bits per heavy atom. The van der Waals surface area contributed by atoms with Crippen molar-refractivity contribution in [3.05, 3.63) is 11.6 Å². The SMILES string of the molecule is COC(=O)[C@]1(C)CCC[C@@]2(C)[C@H]1CCC1=C[C@H](C(C)C)CC[C@@H]12. The monoisotopic (exact) mass is 318 g/mol. The number of hydrogen-bond donors (Lipinski definition) is 0. The van der Waals surface area contributed by atoms with Crippen LogP contribution < -0.4 is 0 Å². The molecule has 0 spiro atoms. The van der Waals surface area contributed by atoms with E-state index in [0.29, 0.717) is 11.8 Å². The van der Waals surface area contributed by atoms with E-state index >= 15 is 0 Å². The lowest BCUT2D eigenvalue weighted by Crippen LogP contribution is -2.54. The summed E-state index contributed by atoms with van der Waals surface area (Å²) in [6.45, 7) is 9.36. The van der Waals surface area contributed by atoms with Crippen LogP contribution in [0.2, 0.25) is 0 Å². The van der Waals surface area contributed by atoms with Crippen molar-refractivity contribution in [2.24, 2.45) is 34.5 Å². The molecule has 0 saturated heterocycles. The molecule has 3 aliphatic rings. The van der Waals surface area contributed by atoms with E-state index in [0.717, 1.165) is 31.1 Å². The van der Waals surface area contributed by atoms with Crippen molar-refractivity contribution < 1.29 is 9.53 Å². The van der Waals surface area contributed by atoms with Gasteiger partial charge in [0.1, 0.15) is 0 Å². The number of hydrogen-bond acceptors (Lipinski definition) is 2. The largest absolute Gasteiger partial charge is 0.469 e. The Balaban J connectivity index is 1.93. The minimum atomic E-state index is -0.276. The standard InChI is InChI=1S/C21H34O2/c1-14(2)15-7-9-17-16(13-15)8-10-18-20(17,3)11-6-12-21(18,4)19(22)23-5/h13-15,17-18H,6-12H2,1-5H3/t15-,17+,18-,20-,21-/m1/s1. The van der Waals surface area contributed by atoms with Gasteiger partial charge < -0.3 is 4.74 Å². The lowest BCUT2D eigenvalue weighted by Gasteiger charge is -2.58. The third-order valence-corrected chi connectivity index (χ3v) is 7.67. The van der Waals surface area contributed by atoms with Crippen LogP contribution in [0.25, 0.3) is 0 Å². The van der Waals surface area contributed by atoms with Crippen LogP contribution in [0.1, 0.15) is 72.6 Å². The number of carbonyl (C=O) groups excluding carboxylic acids is 1. The first kappa shape index (κ1) is 17.0. The zero-order valence-corrected chi connectivity index (χ0v) is 15.7. The topological polar surface area (TPSA) is 26.3 Å². The number of allylic oxidation sites excluding steroid dienone is 2. The van der Waals surface area contributed by atoms with Gasteiger partial charge in [0.05, 0.1) is 12.5 Å². The molecule has 3 aliphatic carbocycles. The maximum Gasteiger partial charge on any atom is 0.311 e. The first-order chi connectivity index (χ1) is 10.8. The van der Waals surface area contributed by atoms with Gasteiger partial charge in [0.15, 0.2) is 0 Å². The molecule has 3 rings (SSSR count). The van der Waals surface area contributed by atoms with Crippen molar-refractivity contribution >= 4 is 5.97 Å². The van der Waals surface area contributed by atoms with Crippen molar-refractivity contribution in [3.8, 4) is 0 Å². The van der Waals surface area contributed by atoms with Crippen LogP contribution in [0, 0.1) is 34.5 Å². The third kappa shape index (κ3) is 2.57. The fourth-order valence-electron chi connectivity index (χ4n) is 6.32. The highest BCUT2D eigenvalue weighted by Crippen LogP contribution is 2.63. The number of methoxy groups -OCH3 is 1. The zero-order chi connectivity index (χ0) is 16.8. The van der Waals surface area contributed by atoms with Gasteiger partial charge in [0, 0.05) is 0 Å². The van der Waals surface area contributed by atoms with E-state index < -0.39 is 0 Å². The van der Waals surface area contributed by atoms with E-state index in [1.807, 2.05) is 0 Å². The van der Waals surface area contributed by atoms with Crippen LogP contribution in [-0.4, -0.2) is 13.1 Å². The van der Waals surface area contributed by atoms with Crippen molar-refractivity contribution in [1.29, 1.82) is 0 Å². The molecule has 0 bridgehead atoms. The predicted octanol–water partition coefficient (Wildman–Crippen LogP) is 5.37. The van der Waals surface area contributed by atoms with E-state index in [4.69, 9.17) is 4.74 Å². The Bertz CT molecular complexity index is 506. The second-order valence-electron chi connectivity index (χ2n) is 9.14. The molecule has 0 aliphatic heterocycles. The van der Waals surface area contributed by atoms with Crippen LogP contribution >= 0.6 is 0 Å². The van der Waals surface area contributed by atoms with E-state index in [-0.39, 0.29) is 16.8 Å². The molecule has 2 saturated carbocycles. The summed E-state index contributed by atoms with van der Waals surface area (Å²) in [6.07, 6.45) is 11.1. The molecular weight excluding hydrogens is 284 g/mol. The second-order valence-corrected chi connectivity index (χ2v) is 9.14. The Morgan fingerprint density at radius 1 is 1.22 bits per heavy atom. The molecule has 0 aromatic heterocycles. The van der Waals surface area contributed by atoms with Gasteiger partial charge in [0.25, 0.3) is 0 Å². The van der Waals surface area contributed by atoms with Gasteiger partial charge in [-0.1, -0.05) is 38.8 Å². The van der Waals surface area contributed by atoms with Crippen molar-refractivity contribution in [3.63, 3.8) is 0 Å². The molecule has 0 heterocycles. The Morgan fingerprint density at radius 2 is 1.96 bits per heavy atom. The number of carbonyl (C=O) groups is 1. The number of esters is 1. The minimum absolute atomic E-state index is 0.0247. The Kier molecular flexibility index (Phi) is 4.40. The Hall–Kier alpha value is -0.790. The fraction of sp³-hybridized carbons (Fsp3) is 0.857. The molecule has 0 unspecified atom stereocenters. The summed E-state index contributed by atoms with van der Waals surface area (Å²) in [5.74, 6) is 2.71. The smallest absolute Gasteiger partial charge is 0.311 e. The predicted molar refractivity (Wildman–Crippen MR) is 93.9 cm³/mol. The fourth-order valence-corrected chi connectivity index (χ4v) is 6.32. The van der Waals surface area contributed by atoms with Gasteiger partial charge in [-0.3, -0.25) is 4.79 Å². The quantitative estimate of drug-likeness (QED) is 0.505. The molecule has 2 fully saturated rings. The van der Waals surface area contributed by atoms with Crippen LogP contribution in [-0.2, 0) is 9.53 Å². The summed E-state index contributed by atoms with van der Waals surface area (Å²) in [7, 11) is 1.56. The molecule has 130 valence electrons. The minimum Gasteiger partial charge on any atom is -0.469 e. The van der Waals surface area contributed by atoms with Gasteiger partial charge >= 0.3 is 5.97 Å². The molecule has 5 atom stereocenters. The summed E-state index contributed by atoms with van der Waals surface area (Å²) in [6, 6.07) is 0. The molecule has 0 radical (unpaired) electrons. The number of fused-ring (bicyclic) bond motifs is 3. The summed E-state index contributed by atoms with van der Waals surface area (Å²) < 4.78 is 5.22. The van der Waals surface area contributed by atoms with Gasteiger partial charge in [-0.05, 0) is 74.5 Å². The van der Waals surface area contributed by atoms with Crippen LogP contribution in [0.15, 0.2) is 11.6 Å². The molecule has 0 N–H and O–H groups in total. The number of rotatable bonds is 2. The van der Waals surface area contributed by atoms with Crippen molar-refractivity contribution in [2.45, 2.75) is 72.6 Å². The first-order valence-corrected chi connectivity index (χ1v) is 9.62. The third-order valence-electron chi connectivity index (χ3n) is 7.67. The van der Waals surface area contributed by atoms with Crippen molar-refractivity contribution in [1.82, 2.24) is 0 Å². The molecule has 0 amide bonds. The highest BCUT2D eigenvalue weighted by atomic mass is 16.5. The van der Waals surface area contributed by atoms with Crippen molar-refractivity contribution in [2.75, 3.05) is 7.11 Å². The maximum absolute atomic E-state index is 12.6. The average molecular weight is 319 g/mol. The Labute approximate surface area is 142 Å². The van der Waals surface area contributed by atoms with Crippen LogP contribution in [0.4, 0.5) is 0 Å². The zero-order valence-electron chi connectivity index (χ0n) is 15.7. The summed E-state index contributed by atoms with van der Waals surface area (Å²) in [5.41, 5.74) is 1.72. The van der Waals surface area contributed by atoms with Gasteiger partial charge in [0.2, 0.25) is 0 Å². The van der Waals surface area contributed by atoms with Crippen LogP contribution in [0.3, 0.4) is 0 Å². The second kappa shape index (κ2) is 5.93. The van der Waals surface area contributed by atoms with Gasteiger partial charge in [-0.2, -0.15) is 0 Å². The molecule has 2 nitrogen and oxygen atoms in total. The molecule has 0 aromatic carbocycles. The highest BCUT2D eigenvalue weighted by molar-refractivity contribution is 5.77. The average Bonchev–Trinajstić information content (AvgIpc) is 2.53. The van der Waals surface area contributed by atoms with E-state index in [9.17, 15) is 4.79 Å².